The van der Waals surface area contributed by atoms with Crippen molar-refractivity contribution in [2.75, 3.05) is 25.2 Å². The van der Waals surface area contributed by atoms with Crippen LogP contribution < -0.4 is 4.90 Å². The summed E-state index contributed by atoms with van der Waals surface area (Å²) in [6.07, 6.45) is 2.57. The molecule has 0 atom stereocenters. The first-order chi connectivity index (χ1) is 9.04. The number of ether oxygens (including phenoxy) is 1. The van der Waals surface area contributed by atoms with E-state index in [0.717, 1.165) is 17.3 Å². The molecule has 1 rings (SSSR count). The third-order valence-corrected chi connectivity index (χ3v) is 2.52. The second kappa shape index (κ2) is 7.33. The van der Waals surface area contributed by atoms with Crippen LogP contribution in [0.15, 0.2) is 30.3 Å². The molecule has 0 heterocycles. The van der Waals surface area contributed by atoms with Gasteiger partial charge in [-0.05, 0) is 23.8 Å². The van der Waals surface area contributed by atoms with Crippen molar-refractivity contribution in [3.05, 3.63) is 35.9 Å². The van der Waals surface area contributed by atoms with Gasteiger partial charge in [-0.2, -0.15) is 0 Å². The Hall–Kier alpha value is -2.14. The van der Waals surface area contributed by atoms with E-state index >= 15 is 0 Å². The molecule has 1 amide bonds. The topological polar surface area (TPSA) is 66.8 Å². The molecule has 1 aromatic rings. The van der Waals surface area contributed by atoms with Crippen LogP contribution in [0.3, 0.4) is 0 Å². The van der Waals surface area contributed by atoms with E-state index in [0.29, 0.717) is 13.2 Å². The van der Waals surface area contributed by atoms with Crippen molar-refractivity contribution in [2.24, 2.45) is 0 Å². The van der Waals surface area contributed by atoms with E-state index in [1.807, 2.05) is 0 Å². The first kappa shape index (κ1) is 14.9. The van der Waals surface area contributed by atoms with Crippen molar-refractivity contribution in [3.63, 3.8) is 0 Å². The molecule has 0 aliphatic heterocycles. The minimum atomic E-state index is -0.991. The SMILES string of the molecule is COCCN(C(C)=O)c1ccc(/C=C/C(=O)O)cc1. The van der Waals surface area contributed by atoms with Gasteiger partial charge in [0, 0.05) is 32.3 Å². The maximum Gasteiger partial charge on any atom is 0.328 e. The second-order valence-electron chi connectivity index (χ2n) is 3.93. The van der Waals surface area contributed by atoms with Crippen LogP contribution in [-0.2, 0) is 14.3 Å². The van der Waals surface area contributed by atoms with Crippen LogP contribution in [0.25, 0.3) is 6.08 Å². The first-order valence-electron chi connectivity index (χ1n) is 5.82. The van der Waals surface area contributed by atoms with Gasteiger partial charge < -0.3 is 14.7 Å². The Labute approximate surface area is 112 Å². The van der Waals surface area contributed by atoms with E-state index in [-0.39, 0.29) is 5.91 Å². The molecule has 102 valence electrons. The van der Waals surface area contributed by atoms with Crippen molar-refractivity contribution in [2.45, 2.75) is 6.92 Å². The predicted molar refractivity (Wildman–Crippen MR) is 73.0 cm³/mol. The summed E-state index contributed by atoms with van der Waals surface area (Å²) < 4.78 is 4.96. The molecule has 0 aliphatic rings. The highest BCUT2D eigenvalue weighted by Crippen LogP contribution is 2.16. The van der Waals surface area contributed by atoms with Crippen molar-refractivity contribution in [1.29, 1.82) is 0 Å². The zero-order chi connectivity index (χ0) is 14.3. The Morgan fingerprint density at radius 2 is 1.95 bits per heavy atom. The Bertz CT molecular complexity index is 465. The number of rotatable bonds is 6. The number of carboxylic acids is 1. The molecule has 1 aromatic carbocycles. The van der Waals surface area contributed by atoms with E-state index in [1.54, 1.807) is 36.3 Å². The van der Waals surface area contributed by atoms with Gasteiger partial charge in [-0.25, -0.2) is 4.79 Å². The van der Waals surface area contributed by atoms with E-state index in [9.17, 15) is 9.59 Å². The van der Waals surface area contributed by atoms with Gasteiger partial charge in [-0.3, -0.25) is 4.79 Å². The van der Waals surface area contributed by atoms with E-state index in [1.165, 1.54) is 13.0 Å². The zero-order valence-corrected chi connectivity index (χ0v) is 11.0. The number of aliphatic carboxylic acids is 1. The molecule has 0 saturated heterocycles. The third-order valence-electron chi connectivity index (χ3n) is 2.52. The minimum Gasteiger partial charge on any atom is -0.478 e. The average molecular weight is 263 g/mol. The first-order valence-corrected chi connectivity index (χ1v) is 5.82. The van der Waals surface area contributed by atoms with Gasteiger partial charge >= 0.3 is 5.97 Å². The Balaban J connectivity index is 2.83. The van der Waals surface area contributed by atoms with Crippen molar-refractivity contribution in [3.8, 4) is 0 Å². The Morgan fingerprint density at radius 3 is 2.42 bits per heavy atom. The lowest BCUT2D eigenvalue weighted by Crippen LogP contribution is -2.31. The van der Waals surface area contributed by atoms with Crippen LogP contribution >= 0.6 is 0 Å². The summed E-state index contributed by atoms with van der Waals surface area (Å²) in [5, 5.41) is 8.53. The van der Waals surface area contributed by atoms with Gasteiger partial charge in [-0.1, -0.05) is 12.1 Å². The number of carbonyl (C=O) groups excluding carboxylic acids is 1. The largest absolute Gasteiger partial charge is 0.478 e. The molecule has 19 heavy (non-hydrogen) atoms. The van der Waals surface area contributed by atoms with Crippen molar-refractivity contribution in [1.82, 2.24) is 0 Å². The predicted octanol–water partition coefficient (Wildman–Crippen LogP) is 1.78. The molecule has 0 unspecified atom stereocenters. The smallest absolute Gasteiger partial charge is 0.328 e. The molecule has 0 spiro atoms. The quantitative estimate of drug-likeness (QED) is 0.794. The zero-order valence-electron chi connectivity index (χ0n) is 11.0. The molecule has 0 radical (unpaired) electrons. The van der Waals surface area contributed by atoms with Gasteiger partial charge in [0.15, 0.2) is 0 Å². The molecule has 0 bridgehead atoms. The van der Waals surface area contributed by atoms with Crippen LogP contribution in [-0.4, -0.2) is 37.2 Å². The highest BCUT2D eigenvalue weighted by atomic mass is 16.5. The molecular weight excluding hydrogens is 246 g/mol. The summed E-state index contributed by atoms with van der Waals surface area (Å²) in [6, 6.07) is 7.08. The number of carboxylic acid groups (broad SMARTS) is 1. The monoisotopic (exact) mass is 263 g/mol. The number of carbonyl (C=O) groups is 2. The number of hydrogen-bond acceptors (Lipinski definition) is 3. The van der Waals surface area contributed by atoms with Gasteiger partial charge in [0.05, 0.1) is 6.61 Å². The molecule has 0 aromatic heterocycles. The maximum atomic E-state index is 11.5. The highest BCUT2D eigenvalue weighted by Gasteiger charge is 2.10. The van der Waals surface area contributed by atoms with E-state index < -0.39 is 5.97 Å². The Morgan fingerprint density at radius 1 is 1.32 bits per heavy atom. The molecule has 1 N–H and O–H groups in total. The average Bonchev–Trinajstić information content (AvgIpc) is 2.37. The molecule has 0 aliphatic carbocycles. The lowest BCUT2D eigenvalue weighted by Gasteiger charge is -2.20. The third kappa shape index (κ3) is 4.93. The van der Waals surface area contributed by atoms with Crippen molar-refractivity contribution < 1.29 is 19.4 Å². The van der Waals surface area contributed by atoms with Crippen LogP contribution in [0.2, 0.25) is 0 Å². The lowest BCUT2D eigenvalue weighted by atomic mass is 10.2. The molecule has 0 saturated carbocycles. The normalized spacial score (nSPS) is 10.6. The fraction of sp³-hybridized carbons (Fsp3) is 0.286. The van der Waals surface area contributed by atoms with E-state index in [2.05, 4.69) is 0 Å². The molecular formula is C14H17NO4. The summed E-state index contributed by atoms with van der Waals surface area (Å²) in [5.41, 5.74) is 1.53. The van der Waals surface area contributed by atoms with Crippen LogP contribution in [0.1, 0.15) is 12.5 Å². The fourth-order valence-electron chi connectivity index (χ4n) is 1.58. The van der Waals surface area contributed by atoms with Gasteiger partial charge in [-0.15, -0.1) is 0 Å². The Kier molecular flexibility index (Phi) is 5.75. The van der Waals surface area contributed by atoms with Gasteiger partial charge in [0.25, 0.3) is 0 Å². The van der Waals surface area contributed by atoms with Crippen LogP contribution in [0, 0.1) is 0 Å². The fourth-order valence-corrected chi connectivity index (χ4v) is 1.58. The highest BCUT2D eigenvalue weighted by molar-refractivity contribution is 5.91. The standard InChI is InChI=1S/C14H17NO4/c1-11(16)15(9-10-19-2)13-6-3-12(4-7-13)5-8-14(17)18/h3-8H,9-10H2,1-2H3,(H,17,18)/b8-5+. The molecule has 0 fully saturated rings. The number of benzene rings is 1. The van der Waals surface area contributed by atoms with Crippen LogP contribution in [0.4, 0.5) is 5.69 Å². The number of amides is 1. The van der Waals surface area contributed by atoms with Crippen LogP contribution in [0.5, 0.6) is 0 Å². The van der Waals surface area contributed by atoms with Crippen molar-refractivity contribution >= 4 is 23.6 Å². The second-order valence-corrected chi connectivity index (χ2v) is 3.93. The number of hydrogen-bond donors (Lipinski definition) is 1. The summed E-state index contributed by atoms with van der Waals surface area (Å²) in [7, 11) is 1.58. The number of methoxy groups -OCH3 is 1. The van der Waals surface area contributed by atoms with E-state index in [4.69, 9.17) is 9.84 Å². The summed E-state index contributed by atoms with van der Waals surface area (Å²) in [5.74, 6) is -1.06. The van der Waals surface area contributed by atoms with Gasteiger partial charge in [0.2, 0.25) is 5.91 Å². The lowest BCUT2D eigenvalue weighted by molar-refractivity contribution is -0.131. The summed E-state index contributed by atoms with van der Waals surface area (Å²) in [6.45, 7) is 2.43. The number of anilines is 1. The number of nitrogens with zero attached hydrogens (tertiary/aromatic N) is 1. The molecule has 5 nitrogen and oxygen atoms in total. The minimum absolute atomic E-state index is 0.0640. The maximum absolute atomic E-state index is 11.5. The summed E-state index contributed by atoms with van der Waals surface area (Å²) >= 11 is 0. The summed E-state index contributed by atoms with van der Waals surface area (Å²) in [4.78, 5) is 23.5. The molecule has 5 heteroatoms. The van der Waals surface area contributed by atoms with Gasteiger partial charge in [0.1, 0.15) is 0 Å².